The number of benzene rings is 1. The summed E-state index contributed by atoms with van der Waals surface area (Å²) in [5.74, 6) is 0.464. The summed E-state index contributed by atoms with van der Waals surface area (Å²) in [7, 11) is 1.63. The van der Waals surface area contributed by atoms with Crippen LogP contribution in [0.5, 0.6) is 5.75 Å². The summed E-state index contributed by atoms with van der Waals surface area (Å²) < 4.78 is 5.24. The van der Waals surface area contributed by atoms with Gasteiger partial charge in [0.05, 0.1) is 18.7 Å². The molecule has 0 unspecified atom stereocenters. The number of piperidine rings is 1. The number of aromatic nitrogens is 2. The number of ether oxygens (including phenoxy) is 1. The van der Waals surface area contributed by atoms with E-state index < -0.39 is 5.97 Å². The molecule has 1 N–H and O–H groups in total. The summed E-state index contributed by atoms with van der Waals surface area (Å²) in [6, 6.07) is 9.58. The number of rotatable bonds is 4. The standard InChI is InChI=1S/C17H19N3O3/c1-23-14-6-2-4-12(8-14)15-9-16(19-11-18-15)20-7-3-5-13(10-20)17(21)22/h2,4,6,8-9,11,13H,3,5,7,10H2,1H3,(H,21,22)/t13-/m0/s1. The van der Waals surface area contributed by atoms with Crippen molar-refractivity contribution in [2.75, 3.05) is 25.1 Å². The molecule has 0 amide bonds. The second kappa shape index (κ2) is 6.64. The first-order valence-electron chi connectivity index (χ1n) is 7.61. The largest absolute Gasteiger partial charge is 0.497 e. The molecule has 0 spiro atoms. The van der Waals surface area contributed by atoms with E-state index in [1.807, 2.05) is 35.2 Å². The number of carbonyl (C=O) groups is 1. The molecule has 6 heteroatoms. The maximum absolute atomic E-state index is 11.2. The van der Waals surface area contributed by atoms with E-state index in [0.29, 0.717) is 6.54 Å². The third-order valence-electron chi connectivity index (χ3n) is 4.11. The van der Waals surface area contributed by atoms with Crippen LogP contribution in [0.4, 0.5) is 5.82 Å². The van der Waals surface area contributed by atoms with Crippen LogP contribution in [0.3, 0.4) is 0 Å². The van der Waals surface area contributed by atoms with Crippen LogP contribution in [0.15, 0.2) is 36.7 Å². The summed E-state index contributed by atoms with van der Waals surface area (Å²) >= 11 is 0. The van der Waals surface area contributed by atoms with E-state index in [4.69, 9.17) is 4.74 Å². The Morgan fingerprint density at radius 3 is 3.00 bits per heavy atom. The Hall–Kier alpha value is -2.63. The molecule has 1 aromatic carbocycles. The summed E-state index contributed by atoms with van der Waals surface area (Å²) in [5.41, 5.74) is 1.74. The van der Waals surface area contributed by atoms with Crippen LogP contribution in [0.1, 0.15) is 12.8 Å². The van der Waals surface area contributed by atoms with Crippen molar-refractivity contribution in [1.82, 2.24) is 9.97 Å². The molecule has 120 valence electrons. The average Bonchev–Trinajstić information content (AvgIpc) is 2.62. The molecule has 23 heavy (non-hydrogen) atoms. The van der Waals surface area contributed by atoms with Crippen molar-refractivity contribution >= 4 is 11.8 Å². The highest BCUT2D eigenvalue weighted by atomic mass is 16.5. The quantitative estimate of drug-likeness (QED) is 0.934. The summed E-state index contributed by atoms with van der Waals surface area (Å²) in [5, 5.41) is 9.22. The van der Waals surface area contributed by atoms with E-state index in [2.05, 4.69) is 9.97 Å². The molecule has 0 saturated carbocycles. The van der Waals surface area contributed by atoms with Crippen molar-refractivity contribution in [2.45, 2.75) is 12.8 Å². The fourth-order valence-corrected chi connectivity index (χ4v) is 2.85. The van der Waals surface area contributed by atoms with Gasteiger partial charge in [-0.3, -0.25) is 4.79 Å². The molecule has 1 aliphatic heterocycles. The molecule has 6 nitrogen and oxygen atoms in total. The lowest BCUT2D eigenvalue weighted by molar-refractivity contribution is -0.141. The molecule has 1 saturated heterocycles. The maximum Gasteiger partial charge on any atom is 0.308 e. The smallest absolute Gasteiger partial charge is 0.308 e. The van der Waals surface area contributed by atoms with Crippen molar-refractivity contribution in [2.24, 2.45) is 5.92 Å². The number of methoxy groups -OCH3 is 1. The Morgan fingerprint density at radius 2 is 2.22 bits per heavy atom. The Bertz CT molecular complexity index is 705. The second-order valence-electron chi connectivity index (χ2n) is 5.62. The summed E-state index contributed by atoms with van der Waals surface area (Å²) in [6.45, 7) is 1.31. The van der Waals surface area contributed by atoms with Crippen molar-refractivity contribution in [3.8, 4) is 17.0 Å². The SMILES string of the molecule is COc1cccc(-c2cc(N3CCC[C@H](C(=O)O)C3)ncn2)c1. The second-order valence-corrected chi connectivity index (χ2v) is 5.62. The van der Waals surface area contributed by atoms with Gasteiger partial charge < -0.3 is 14.7 Å². The zero-order valence-corrected chi connectivity index (χ0v) is 13.0. The number of aliphatic carboxylic acids is 1. The van der Waals surface area contributed by atoms with Crippen LogP contribution in [0.25, 0.3) is 11.3 Å². The molecule has 0 radical (unpaired) electrons. The maximum atomic E-state index is 11.2. The Kier molecular flexibility index (Phi) is 4.41. The summed E-state index contributed by atoms with van der Waals surface area (Å²) in [4.78, 5) is 21.9. The van der Waals surface area contributed by atoms with E-state index in [1.54, 1.807) is 7.11 Å². The fourth-order valence-electron chi connectivity index (χ4n) is 2.85. The number of nitrogens with zero attached hydrogens (tertiary/aromatic N) is 3. The molecule has 1 aliphatic rings. The number of carboxylic acids is 1. The molecule has 2 aromatic rings. The van der Waals surface area contributed by atoms with Gasteiger partial charge in [0.25, 0.3) is 0 Å². The van der Waals surface area contributed by atoms with Gasteiger partial charge in [-0.05, 0) is 25.0 Å². The number of anilines is 1. The predicted molar refractivity (Wildman–Crippen MR) is 86.6 cm³/mol. The lowest BCUT2D eigenvalue weighted by Gasteiger charge is -2.31. The Morgan fingerprint density at radius 1 is 1.35 bits per heavy atom. The van der Waals surface area contributed by atoms with Crippen molar-refractivity contribution in [3.05, 3.63) is 36.7 Å². The first-order valence-corrected chi connectivity index (χ1v) is 7.61. The van der Waals surface area contributed by atoms with Gasteiger partial charge in [0.1, 0.15) is 17.9 Å². The highest BCUT2D eigenvalue weighted by molar-refractivity contribution is 5.71. The first kappa shape index (κ1) is 15.3. The lowest BCUT2D eigenvalue weighted by atomic mass is 9.98. The predicted octanol–water partition coefficient (Wildman–Crippen LogP) is 2.45. The molecule has 3 rings (SSSR count). The van der Waals surface area contributed by atoms with E-state index in [9.17, 15) is 9.90 Å². The molecule has 0 bridgehead atoms. The molecule has 1 atom stereocenters. The van der Waals surface area contributed by atoms with Crippen LogP contribution >= 0.6 is 0 Å². The van der Waals surface area contributed by atoms with Gasteiger partial charge in [0.15, 0.2) is 0 Å². The highest BCUT2D eigenvalue weighted by Gasteiger charge is 2.26. The number of carboxylic acid groups (broad SMARTS) is 1. The van der Waals surface area contributed by atoms with E-state index >= 15 is 0 Å². The molecule has 0 aliphatic carbocycles. The first-order chi connectivity index (χ1) is 11.2. The van der Waals surface area contributed by atoms with Gasteiger partial charge in [0.2, 0.25) is 0 Å². The Balaban J connectivity index is 1.86. The summed E-state index contributed by atoms with van der Waals surface area (Å²) in [6.07, 6.45) is 3.10. The van der Waals surface area contributed by atoms with Gasteiger partial charge >= 0.3 is 5.97 Å². The molecule has 2 heterocycles. The Labute approximate surface area is 134 Å². The van der Waals surface area contributed by atoms with Gasteiger partial charge in [0, 0.05) is 24.7 Å². The van der Waals surface area contributed by atoms with Crippen LogP contribution in [-0.4, -0.2) is 41.2 Å². The van der Waals surface area contributed by atoms with Crippen molar-refractivity contribution in [1.29, 1.82) is 0 Å². The van der Waals surface area contributed by atoms with Crippen molar-refractivity contribution in [3.63, 3.8) is 0 Å². The van der Waals surface area contributed by atoms with Crippen LogP contribution < -0.4 is 9.64 Å². The van der Waals surface area contributed by atoms with E-state index in [-0.39, 0.29) is 5.92 Å². The van der Waals surface area contributed by atoms with Gasteiger partial charge in [-0.25, -0.2) is 9.97 Å². The zero-order valence-electron chi connectivity index (χ0n) is 13.0. The van der Waals surface area contributed by atoms with Crippen LogP contribution in [0.2, 0.25) is 0 Å². The van der Waals surface area contributed by atoms with Crippen molar-refractivity contribution < 1.29 is 14.6 Å². The van der Waals surface area contributed by atoms with Gasteiger partial charge in [-0.15, -0.1) is 0 Å². The van der Waals surface area contributed by atoms with Crippen LogP contribution in [-0.2, 0) is 4.79 Å². The third-order valence-corrected chi connectivity index (χ3v) is 4.11. The minimum atomic E-state index is -0.739. The highest BCUT2D eigenvalue weighted by Crippen LogP contribution is 2.26. The molecular weight excluding hydrogens is 294 g/mol. The minimum Gasteiger partial charge on any atom is -0.497 e. The zero-order chi connectivity index (χ0) is 16.2. The molecular formula is C17H19N3O3. The molecule has 1 fully saturated rings. The fraction of sp³-hybridized carbons (Fsp3) is 0.353. The number of hydrogen-bond acceptors (Lipinski definition) is 5. The monoisotopic (exact) mass is 313 g/mol. The minimum absolute atomic E-state index is 0.334. The van der Waals surface area contributed by atoms with Crippen LogP contribution in [0, 0.1) is 5.92 Å². The van der Waals surface area contributed by atoms with Gasteiger partial charge in [-0.1, -0.05) is 12.1 Å². The lowest BCUT2D eigenvalue weighted by Crippen LogP contribution is -2.39. The topological polar surface area (TPSA) is 75.5 Å². The average molecular weight is 313 g/mol. The normalized spacial score (nSPS) is 17.8. The number of hydrogen-bond donors (Lipinski definition) is 1. The molecule has 1 aromatic heterocycles. The van der Waals surface area contributed by atoms with E-state index in [0.717, 1.165) is 42.2 Å². The van der Waals surface area contributed by atoms with E-state index in [1.165, 1.54) is 6.33 Å². The van der Waals surface area contributed by atoms with Gasteiger partial charge in [-0.2, -0.15) is 0 Å². The third kappa shape index (κ3) is 3.41.